The van der Waals surface area contributed by atoms with Crippen molar-refractivity contribution in [3.8, 4) is 0 Å². The molecular weight excluding hydrogens is 741 g/mol. The molecule has 0 aromatic rings. The van der Waals surface area contributed by atoms with Gasteiger partial charge in [-0.3, -0.25) is 28.0 Å². The van der Waals surface area contributed by atoms with E-state index in [1.165, 1.54) is 71.3 Å². The molecule has 0 aliphatic heterocycles. The van der Waals surface area contributed by atoms with Gasteiger partial charge in [-0.2, -0.15) is 0 Å². The van der Waals surface area contributed by atoms with Crippen molar-refractivity contribution in [1.29, 1.82) is 0 Å². The first kappa shape index (κ1) is 61.3. The van der Waals surface area contributed by atoms with Gasteiger partial charge in [-0.05, 0) is 116 Å². The number of unbranched alkanes of at least 4 members (excludes halogenated alkanes) is 20. The number of rotatable bonds is 38. The summed E-state index contributed by atoms with van der Waals surface area (Å²) >= 11 is 0. The number of esters is 1. The second-order valence-electron chi connectivity index (χ2n) is 14.0. The average molecular weight is 821 g/mol. The number of hydrogen-bond acceptors (Lipinski definition) is 6. The summed E-state index contributed by atoms with van der Waals surface area (Å²) in [6.07, 6.45) is 46.7. The number of carboxylic acids is 1. The van der Waals surface area contributed by atoms with Crippen LogP contribution in [-0.4, -0.2) is 67.9 Å². The predicted octanol–water partition coefficient (Wildman–Crippen LogP) is 8.38. The number of aliphatic carboxylic acids is 1. The summed E-state index contributed by atoms with van der Waals surface area (Å²) in [5, 5.41) is 13.3. The van der Waals surface area contributed by atoms with E-state index in [4.69, 9.17) is 5.11 Å². The smallest absolute Gasteiger partial charge is 0.870 e. The molecule has 0 aromatic heterocycles. The van der Waals surface area contributed by atoms with Crippen LogP contribution in [0.4, 0.5) is 8.78 Å². The molecule has 0 fully saturated rings. The third-order valence-electron chi connectivity index (χ3n) is 8.80. The van der Waals surface area contributed by atoms with Crippen molar-refractivity contribution in [3.05, 3.63) is 48.6 Å². The van der Waals surface area contributed by atoms with Crippen LogP contribution in [0.2, 0.25) is 0 Å². The van der Waals surface area contributed by atoms with E-state index in [2.05, 4.69) is 64.0 Å². The number of carboxylic acid groups (broad SMARTS) is 1. The summed E-state index contributed by atoms with van der Waals surface area (Å²) in [6, 6.07) is 0. The van der Waals surface area contributed by atoms with Crippen molar-refractivity contribution < 1.29 is 72.8 Å². The number of allylic oxidation sites excluding steroid dienone is 8. The Morgan fingerprint density at radius 1 is 0.456 bits per heavy atom. The molecule has 0 bridgehead atoms. The van der Waals surface area contributed by atoms with Crippen LogP contribution < -0.4 is 40.2 Å². The maximum Gasteiger partial charge on any atom is 1.00 e. The van der Waals surface area contributed by atoms with E-state index in [1.54, 1.807) is 0 Å². The van der Waals surface area contributed by atoms with E-state index in [1.807, 2.05) is 0 Å². The molecule has 0 heterocycles. The molecule has 0 aromatic carbocycles. The first-order valence-electron chi connectivity index (χ1n) is 21.4. The third-order valence-corrected chi connectivity index (χ3v) is 8.80. The summed E-state index contributed by atoms with van der Waals surface area (Å²) in [5.74, 6) is -1.74. The van der Waals surface area contributed by atoms with Crippen LogP contribution in [0.25, 0.3) is 0 Å². The number of carbonyl (C=O) groups excluding carboxylic acids is 3. The fraction of sp³-hybridized carbons (Fsp3) is 0.733. The third kappa shape index (κ3) is 58.1. The largest absolute Gasteiger partial charge is 1.00 e. The van der Waals surface area contributed by atoms with Gasteiger partial charge in [-0.25, -0.2) is 0 Å². The maximum atomic E-state index is 11.9. The van der Waals surface area contributed by atoms with Crippen molar-refractivity contribution in [2.75, 3.05) is 33.5 Å². The SMILES string of the molecule is COC(=O)CNC(=O)CCC/C=C\CCCCCCC/C=C\CCCCCF.O=C(O)CNC(=O)CCC/C=C\CCCCCCC/C=C\CCCCCF.[Na+].[OH-]. The standard InChI is InChI=1S/C23H40FNO3.C22H38FNO3.Na.H2O/c1-28-23(27)21-25-22(26)19-17-15-13-11-9-7-5-3-2-4-6-8-10-12-14-16-18-20-24;23-19-17-15-13-11-9-7-5-3-1-2-4-6-8-10-12-14-16-18-21(25)24-20-22(26)27;;/h8,10-11,13H,2-7,9,12,14-21H2,1H3,(H,25,26);7,9-10,12H,1-6,8,11,13-20H2,(H,24,25)(H,26,27);;1H2/q;;+1;/p-1/b10-8-,13-11-;9-7-,12-10-;;. The number of amides is 2. The Morgan fingerprint density at radius 3 is 1.00 bits per heavy atom. The number of methoxy groups -OCH3 is 1. The van der Waals surface area contributed by atoms with E-state index in [-0.39, 0.29) is 73.3 Å². The van der Waals surface area contributed by atoms with Gasteiger partial charge in [-0.15, -0.1) is 0 Å². The van der Waals surface area contributed by atoms with Crippen LogP contribution in [0, 0.1) is 0 Å². The number of carbonyl (C=O) groups is 4. The van der Waals surface area contributed by atoms with Crippen LogP contribution in [-0.2, 0) is 23.9 Å². The molecule has 0 aliphatic rings. The molecule has 9 nitrogen and oxygen atoms in total. The van der Waals surface area contributed by atoms with E-state index < -0.39 is 11.9 Å². The van der Waals surface area contributed by atoms with Crippen molar-refractivity contribution >= 4 is 23.8 Å². The molecule has 326 valence electrons. The van der Waals surface area contributed by atoms with Crippen LogP contribution in [0.3, 0.4) is 0 Å². The van der Waals surface area contributed by atoms with Gasteiger partial charge in [0.05, 0.1) is 20.5 Å². The van der Waals surface area contributed by atoms with E-state index >= 15 is 0 Å². The van der Waals surface area contributed by atoms with Crippen molar-refractivity contribution in [3.63, 3.8) is 0 Å². The van der Waals surface area contributed by atoms with Gasteiger partial charge < -0.3 is 26.0 Å². The Kier molecular flexibility index (Phi) is 57.7. The molecule has 0 saturated carbocycles. The van der Waals surface area contributed by atoms with Gasteiger partial charge in [0.1, 0.15) is 13.1 Å². The van der Waals surface area contributed by atoms with Crippen molar-refractivity contribution in [2.24, 2.45) is 0 Å². The normalized spacial score (nSPS) is 11.0. The first-order chi connectivity index (χ1) is 26.9. The van der Waals surface area contributed by atoms with Crippen LogP contribution in [0.15, 0.2) is 48.6 Å². The van der Waals surface area contributed by atoms with E-state index in [0.717, 1.165) is 89.9 Å². The van der Waals surface area contributed by atoms with Gasteiger partial charge in [0.2, 0.25) is 11.8 Å². The Labute approximate surface area is 367 Å². The van der Waals surface area contributed by atoms with Gasteiger partial charge >= 0.3 is 41.5 Å². The van der Waals surface area contributed by atoms with Crippen molar-refractivity contribution in [1.82, 2.24) is 10.6 Å². The summed E-state index contributed by atoms with van der Waals surface area (Å²) in [5.41, 5.74) is 0. The Bertz CT molecular complexity index is 1030. The zero-order chi connectivity index (χ0) is 40.7. The molecular formula is C45H79F2N2NaO7. The summed E-state index contributed by atoms with van der Waals surface area (Å²) in [4.78, 5) is 44.0. The predicted molar refractivity (Wildman–Crippen MR) is 225 cm³/mol. The number of hydrogen-bond donors (Lipinski definition) is 3. The number of alkyl halides is 2. The quantitative estimate of drug-likeness (QED) is 0.0245. The number of halogens is 2. The molecule has 0 atom stereocenters. The molecule has 0 aliphatic carbocycles. The Hall–Kier alpha value is -2.34. The van der Waals surface area contributed by atoms with Gasteiger partial charge in [0.15, 0.2) is 0 Å². The maximum absolute atomic E-state index is 11.9. The molecule has 12 heteroatoms. The number of ether oxygens (including phenoxy) is 1. The minimum Gasteiger partial charge on any atom is -0.870 e. The van der Waals surface area contributed by atoms with Gasteiger partial charge in [0, 0.05) is 12.8 Å². The summed E-state index contributed by atoms with van der Waals surface area (Å²) in [6.45, 7) is -0.720. The van der Waals surface area contributed by atoms with Crippen LogP contribution in [0.1, 0.15) is 180 Å². The second-order valence-corrected chi connectivity index (χ2v) is 14.0. The first-order valence-corrected chi connectivity index (χ1v) is 21.4. The molecule has 0 rings (SSSR count). The monoisotopic (exact) mass is 821 g/mol. The molecule has 4 N–H and O–H groups in total. The summed E-state index contributed by atoms with van der Waals surface area (Å²) in [7, 11) is 1.30. The molecule has 57 heavy (non-hydrogen) atoms. The van der Waals surface area contributed by atoms with Gasteiger partial charge in [-0.1, -0.05) is 100.0 Å². The molecule has 0 radical (unpaired) electrons. The topological polar surface area (TPSA) is 152 Å². The fourth-order valence-corrected chi connectivity index (χ4v) is 5.47. The molecule has 0 saturated heterocycles. The average Bonchev–Trinajstić information content (AvgIpc) is 3.18. The molecule has 0 unspecified atom stereocenters. The van der Waals surface area contributed by atoms with Crippen molar-refractivity contribution in [2.45, 2.75) is 180 Å². The molecule has 0 spiro atoms. The second kappa shape index (κ2) is 53.7. The molecule has 2 amide bonds. The Morgan fingerprint density at radius 2 is 0.719 bits per heavy atom. The van der Waals surface area contributed by atoms with Crippen LogP contribution >= 0.6 is 0 Å². The minimum absolute atomic E-state index is 0. The number of nitrogens with one attached hydrogen (secondary N) is 2. The summed E-state index contributed by atoms with van der Waals surface area (Å²) < 4.78 is 28.3. The van der Waals surface area contributed by atoms with Gasteiger partial charge in [0.25, 0.3) is 0 Å². The van der Waals surface area contributed by atoms with Crippen LogP contribution in [0.5, 0.6) is 0 Å². The zero-order valence-corrected chi connectivity index (χ0v) is 37.9. The minimum atomic E-state index is -1.01. The van der Waals surface area contributed by atoms with E-state index in [9.17, 15) is 28.0 Å². The van der Waals surface area contributed by atoms with E-state index in [0.29, 0.717) is 25.7 Å². The fourth-order valence-electron chi connectivity index (χ4n) is 5.47. The Balaban J connectivity index is -0.000000476. The zero-order valence-electron chi connectivity index (χ0n) is 35.9.